The van der Waals surface area contributed by atoms with Gasteiger partial charge in [-0.05, 0) is 42.5 Å². The van der Waals surface area contributed by atoms with E-state index in [0.29, 0.717) is 11.3 Å². The molecule has 0 saturated heterocycles. The number of amidine groups is 1. The summed E-state index contributed by atoms with van der Waals surface area (Å²) in [4.78, 5) is 29.2. The molecule has 176 valence electrons. The number of nitrogens with two attached hydrogens (primary N) is 1. The lowest BCUT2D eigenvalue weighted by Crippen LogP contribution is -2.45. The largest absolute Gasteiger partial charge is 0.493 e. The number of carbonyl (C=O) groups excluding carboxylic acids is 2. The van der Waals surface area contributed by atoms with Crippen molar-refractivity contribution in [1.82, 2.24) is 15.8 Å². The molecule has 1 heterocycles. The van der Waals surface area contributed by atoms with E-state index in [4.69, 9.17) is 20.6 Å². The molecule has 10 nitrogen and oxygen atoms in total. The number of nitrogens with zero attached hydrogens (tertiary/aromatic N) is 1. The number of nitrogen functional groups attached to an aromatic ring is 1. The maximum absolute atomic E-state index is 15.0. The minimum absolute atomic E-state index is 0.0575. The van der Waals surface area contributed by atoms with Gasteiger partial charge in [-0.25, -0.2) is 4.39 Å². The second kappa shape index (κ2) is 10.8. The molecule has 0 bridgehead atoms. The van der Waals surface area contributed by atoms with Gasteiger partial charge in [0.05, 0.1) is 14.2 Å². The number of halogens is 1. The standard InChI is InChI=1S/C23H23FN6O4/c1-33-18-11-15(16(24)12-19(18)34-2)20(28-14-8-6-13(7-9-14)21(25)26)23(32)30-29-22(31)17-5-3-4-10-27-17/h3-12,20,28H,1-2H3,(H3,25,26)(H,29,31)(H,30,32). The zero-order valence-corrected chi connectivity index (χ0v) is 18.4. The summed E-state index contributed by atoms with van der Waals surface area (Å²) in [6.07, 6.45) is 1.44. The SMILES string of the molecule is COc1cc(F)c(C(Nc2ccc(C(=N)N)cc2)C(=O)NNC(=O)c2ccccn2)cc1OC. The molecule has 1 atom stereocenters. The molecule has 0 fully saturated rings. The number of rotatable bonds is 8. The fourth-order valence-corrected chi connectivity index (χ4v) is 3.04. The number of aromatic nitrogens is 1. The van der Waals surface area contributed by atoms with Crippen molar-refractivity contribution in [2.24, 2.45) is 5.73 Å². The molecule has 3 aromatic rings. The van der Waals surface area contributed by atoms with E-state index < -0.39 is 23.7 Å². The quantitative estimate of drug-likeness (QED) is 0.194. The van der Waals surface area contributed by atoms with Gasteiger partial charge >= 0.3 is 0 Å². The van der Waals surface area contributed by atoms with Gasteiger partial charge in [0, 0.05) is 29.1 Å². The van der Waals surface area contributed by atoms with Crippen LogP contribution in [0.4, 0.5) is 10.1 Å². The van der Waals surface area contributed by atoms with E-state index >= 15 is 4.39 Å². The first kappa shape index (κ1) is 24.0. The number of amides is 2. The second-order valence-corrected chi connectivity index (χ2v) is 6.96. The Hall–Kier alpha value is -4.67. The van der Waals surface area contributed by atoms with Gasteiger partial charge in [0.25, 0.3) is 11.8 Å². The first-order valence-corrected chi connectivity index (χ1v) is 9.97. The van der Waals surface area contributed by atoms with Crippen LogP contribution in [-0.4, -0.2) is 36.9 Å². The Morgan fingerprint density at radius 3 is 2.29 bits per heavy atom. The second-order valence-electron chi connectivity index (χ2n) is 6.96. The monoisotopic (exact) mass is 466 g/mol. The molecule has 11 heteroatoms. The van der Waals surface area contributed by atoms with Crippen LogP contribution >= 0.6 is 0 Å². The van der Waals surface area contributed by atoms with Gasteiger partial charge in [0.1, 0.15) is 23.4 Å². The predicted molar refractivity (Wildman–Crippen MR) is 123 cm³/mol. The highest BCUT2D eigenvalue weighted by molar-refractivity contribution is 5.96. The molecule has 34 heavy (non-hydrogen) atoms. The Kier molecular flexibility index (Phi) is 7.60. The Bertz CT molecular complexity index is 1190. The molecule has 0 aliphatic heterocycles. The van der Waals surface area contributed by atoms with Crippen molar-refractivity contribution in [3.8, 4) is 11.5 Å². The van der Waals surface area contributed by atoms with Crippen LogP contribution in [0.15, 0.2) is 60.8 Å². The van der Waals surface area contributed by atoms with Crippen LogP contribution in [0.2, 0.25) is 0 Å². The van der Waals surface area contributed by atoms with Gasteiger partial charge in [-0.3, -0.25) is 30.8 Å². The van der Waals surface area contributed by atoms with Crippen LogP contribution in [0.25, 0.3) is 0 Å². The molecular weight excluding hydrogens is 443 g/mol. The number of hydrogen-bond donors (Lipinski definition) is 5. The van der Waals surface area contributed by atoms with E-state index in [9.17, 15) is 9.59 Å². The van der Waals surface area contributed by atoms with Gasteiger partial charge in [0.2, 0.25) is 0 Å². The predicted octanol–water partition coefficient (Wildman–Crippen LogP) is 2.14. The summed E-state index contributed by atoms with van der Waals surface area (Å²) in [5, 5.41) is 10.4. The topological polar surface area (TPSA) is 151 Å². The maximum Gasteiger partial charge on any atom is 0.288 e. The Morgan fingerprint density at radius 1 is 1.03 bits per heavy atom. The summed E-state index contributed by atoms with van der Waals surface area (Å²) in [6.45, 7) is 0. The first-order chi connectivity index (χ1) is 16.3. The number of ether oxygens (including phenoxy) is 2. The van der Waals surface area contributed by atoms with Crippen molar-refractivity contribution in [3.63, 3.8) is 0 Å². The fraction of sp³-hybridized carbons (Fsp3) is 0.130. The molecule has 0 radical (unpaired) electrons. The van der Waals surface area contributed by atoms with Crippen LogP contribution in [0.3, 0.4) is 0 Å². The number of carbonyl (C=O) groups is 2. The Balaban J connectivity index is 1.90. The molecular formula is C23H23FN6O4. The first-order valence-electron chi connectivity index (χ1n) is 9.97. The molecule has 6 N–H and O–H groups in total. The van der Waals surface area contributed by atoms with Crippen molar-refractivity contribution in [2.75, 3.05) is 19.5 Å². The van der Waals surface area contributed by atoms with Gasteiger partial charge in [-0.15, -0.1) is 0 Å². The molecule has 0 spiro atoms. The lowest BCUT2D eigenvalue weighted by Gasteiger charge is -2.22. The lowest BCUT2D eigenvalue weighted by molar-refractivity contribution is -0.122. The summed E-state index contributed by atoms with van der Waals surface area (Å²) < 4.78 is 25.4. The van der Waals surface area contributed by atoms with Gasteiger partial charge < -0.3 is 20.5 Å². The third kappa shape index (κ3) is 5.57. The van der Waals surface area contributed by atoms with Crippen LogP contribution in [-0.2, 0) is 4.79 Å². The fourth-order valence-electron chi connectivity index (χ4n) is 3.04. The number of anilines is 1. The average molecular weight is 466 g/mol. The Labute approximate surface area is 194 Å². The van der Waals surface area contributed by atoms with Gasteiger partial charge in [0.15, 0.2) is 11.5 Å². The minimum Gasteiger partial charge on any atom is -0.493 e. The summed E-state index contributed by atoms with van der Waals surface area (Å²) in [7, 11) is 2.75. The third-order valence-corrected chi connectivity index (χ3v) is 4.78. The molecule has 0 saturated carbocycles. The number of benzene rings is 2. The molecule has 3 rings (SSSR count). The van der Waals surface area contributed by atoms with E-state index in [1.165, 1.54) is 32.5 Å². The van der Waals surface area contributed by atoms with E-state index in [-0.39, 0.29) is 28.6 Å². The van der Waals surface area contributed by atoms with E-state index in [1.807, 2.05) is 0 Å². The smallest absolute Gasteiger partial charge is 0.288 e. The molecule has 1 unspecified atom stereocenters. The van der Waals surface area contributed by atoms with Crippen LogP contribution < -0.4 is 31.4 Å². The van der Waals surface area contributed by atoms with Crippen molar-refractivity contribution < 1.29 is 23.5 Å². The van der Waals surface area contributed by atoms with E-state index in [1.54, 1.807) is 36.4 Å². The Morgan fingerprint density at radius 2 is 1.71 bits per heavy atom. The van der Waals surface area contributed by atoms with Crippen LogP contribution in [0, 0.1) is 11.2 Å². The molecule has 0 aliphatic carbocycles. The van der Waals surface area contributed by atoms with E-state index in [2.05, 4.69) is 21.2 Å². The van der Waals surface area contributed by atoms with Crippen molar-refractivity contribution in [1.29, 1.82) is 5.41 Å². The molecule has 2 aromatic carbocycles. The number of hydrazine groups is 1. The van der Waals surface area contributed by atoms with Crippen LogP contribution in [0.1, 0.15) is 27.7 Å². The highest BCUT2D eigenvalue weighted by atomic mass is 19.1. The number of hydrogen-bond acceptors (Lipinski definition) is 7. The number of nitrogens with one attached hydrogen (secondary N) is 4. The average Bonchev–Trinajstić information content (AvgIpc) is 2.86. The van der Waals surface area contributed by atoms with Gasteiger partial charge in [-0.1, -0.05) is 6.07 Å². The highest BCUT2D eigenvalue weighted by Crippen LogP contribution is 2.33. The van der Waals surface area contributed by atoms with Gasteiger partial charge in [-0.2, -0.15) is 0 Å². The molecule has 1 aromatic heterocycles. The molecule has 0 aliphatic rings. The van der Waals surface area contributed by atoms with E-state index in [0.717, 1.165) is 6.07 Å². The summed E-state index contributed by atoms with van der Waals surface area (Å²) >= 11 is 0. The van der Waals surface area contributed by atoms with Crippen molar-refractivity contribution in [3.05, 3.63) is 83.4 Å². The number of methoxy groups -OCH3 is 2. The zero-order chi connectivity index (χ0) is 24.7. The van der Waals surface area contributed by atoms with Crippen molar-refractivity contribution >= 4 is 23.3 Å². The normalized spacial score (nSPS) is 11.1. The summed E-state index contributed by atoms with van der Waals surface area (Å²) in [5.74, 6) is -1.90. The van der Waals surface area contributed by atoms with Crippen LogP contribution in [0.5, 0.6) is 11.5 Å². The zero-order valence-electron chi connectivity index (χ0n) is 18.4. The highest BCUT2D eigenvalue weighted by Gasteiger charge is 2.27. The maximum atomic E-state index is 15.0. The summed E-state index contributed by atoms with van der Waals surface area (Å²) in [6, 6.07) is 12.2. The molecule has 2 amide bonds. The number of pyridine rings is 1. The summed E-state index contributed by atoms with van der Waals surface area (Å²) in [5.41, 5.74) is 11.0. The van der Waals surface area contributed by atoms with Crippen molar-refractivity contribution in [2.45, 2.75) is 6.04 Å². The minimum atomic E-state index is -1.29. The lowest BCUT2D eigenvalue weighted by atomic mass is 10.0. The third-order valence-electron chi connectivity index (χ3n) is 4.78.